The molecule has 0 aromatic heterocycles. The van der Waals surface area contributed by atoms with Crippen LogP contribution in [0.2, 0.25) is 0 Å². The maximum absolute atomic E-state index is 11.0. The summed E-state index contributed by atoms with van der Waals surface area (Å²) in [6.45, 7) is 6.44. The van der Waals surface area contributed by atoms with Gasteiger partial charge < -0.3 is 48.9 Å². The molecule has 0 heterocycles. The summed E-state index contributed by atoms with van der Waals surface area (Å²) in [5.41, 5.74) is 20.5. The molecule has 15 heteroatoms. The van der Waals surface area contributed by atoms with E-state index >= 15 is 0 Å². The van der Waals surface area contributed by atoms with Gasteiger partial charge in [0.15, 0.2) is 0 Å². The SMILES string of the molecule is CCCCCCCCCCCCN[C@@H](CCC(N)=O)C(=O)O.CCCCCCCCCCCCN[C@@H](CCC(N)=O)C(=O)O.NCCCC[C@H](N)C(=O)O.[Na]. The third-order valence-electron chi connectivity index (χ3n) is 9.08. The standard InChI is InChI=1S/2C17H34N2O3.C6H14N2O2.Na/c2*1-2-3-4-5-6-7-8-9-10-11-14-19-15(17(21)22)12-13-16(18)20;7-4-2-1-3-5(8)6(9)10;/h2*15,19H,2-14H2,1H3,(H2,18,20)(H,21,22);5H,1-4,7-8H2,(H,9,10);/t2*15-;5-;/m000./s1. The van der Waals surface area contributed by atoms with Crippen LogP contribution in [0, 0.1) is 0 Å². The summed E-state index contributed by atoms with van der Waals surface area (Å²) in [4.78, 5) is 53.5. The van der Waals surface area contributed by atoms with Crippen LogP contribution < -0.4 is 33.6 Å². The van der Waals surface area contributed by atoms with E-state index in [0.29, 0.717) is 26.1 Å². The minimum atomic E-state index is -0.933. The number of nitrogens with two attached hydrogens (primary N) is 4. The minimum absolute atomic E-state index is 0. The summed E-state index contributed by atoms with van der Waals surface area (Å²) in [5.74, 6) is -3.65. The van der Waals surface area contributed by atoms with Gasteiger partial charge in [-0.1, -0.05) is 136 Å². The van der Waals surface area contributed by atoms with Crippen LogP contribution in [-0.4, -0.2) is 112 Å². The molecule has 0 saturated carbocycles. The van der Waals surface area contributed by atoms with E-state index in [-0.39, 0.29) is 55.2 Å². The molecule has 0 aliphatic heterocycles. The normalized spacial score (nSPS) is 12.1. The van der Waals surface area contributed by atoms with Crippen LogP contribution in [-0.2, 0) is 24.0 Å². The Morgan fingerprint density at radius 3 is 1.04 bits per heavy atom. The van der Waals surface area contributed by atoms with Gasteiger partial charge in [-0.2, -0.15) is 0 Å². The van der Waals surface area contributed by atoms with Crippen molar-refractivity contribution in [1.29, 1.82) is 0 Å². The molecule has 321 valence electrons. The average Bonchev–Trinajstić information content (AvgIpc) is 3.12. The molecule has 0 spiro atoms. The molecular weight excluding hydrogens is 715 g/mol. The maximum Gasteiger partial charge on any atom is 0.320 e. The molecule has 14 nitrogen and oxygen atoms in total. The van der Waals surface area contributed by atoms with E-state index in [1.165, 1.54) is 103 Å². The Balaban J connectivity index is -0.000000376. The monoisotopic (exact) mass is 798 g/mol. The summed E-state index contributed by atoms with van der Waals surface area (Å²) in [7, 11) is 0. The van der Waals surface area contributed by atoms with Gasteiger partial charge in [0.2, 0.25) is 11.8 Å². The topological polar surface area (TPSA) is 274 Å². The first-order valence-electron chi connectivity index (χ1n) is 21.0. The van der Waals surface area contributed by atoms with Crippen molar-refractivity contribution in [1.82, 2.24) is 10.6 Å². The largest absolute Gasteiger partial charge is 0.480 e. The zero-order chi connectivity index (χ0) is 41.2. The number of carbonyl (C=O) groups excluding carboxylic acids is 2. The molecule has 0 aromatic rings. The van der Waals surface area contributed by atoms with Gasteiger partial charge in [0.25, 0.3) is 0 Å². The van der Waals surface area contributed by atoms with Crippen molar-refractivity contribution in [3.05, 3.63) is 0 Å². The predicted octanol–water partition coefficient (Wildman–Crippen LogP) is 5.58. The van der Waals surface area contributed by atoms with Crippen molar-refractivity contribution in [2.45, 2.75) is 205 Å². The van der Waals surface area contributed by atoms with Gasteiger partial charge in [-0.05, 0) is 58.2 Å². The molecule has 0 aliphatic carbocycles. The molecule has 0 saturated heterocycles. The average molecular weight is 798 g/mol. The smallest absolute Gasteiger partial charge is 0.320 e. The van der Waals surface area contributed by atoms with Gasteiger partial charge in [-0.25, -0.2) is 0 Å². The molecule has 0 rings (SSSR count). The quantitative estimate of drug-likeness (QED) is 0.0275. The van der Waals surface area contributed by atoms with Crippen LogP contribution in [0.4, 0.5) is 0 Å². The van der Waals surface area contributed by atoms with E-state index in [2.05, 4.69) is 24.5 Å². The summed E-state index contributed by atoms with van der Waals surface area (Å²) >= 11 is 0. The van der Waals surface area contributed by atoms with E-state index in [0.717, 1.165) is 38.5 Å². The Bertz CT molecular complexity index is 861. The van der Waals surface area contributed by atoms with E-state index in [9.17, 15) is 24.0 Å². The van der Waals surface area contributed by atoms with E-state index < -0.39 is 47.8 Å². The van der Waals surface area contributed by atoms with Crippen molar-refractivity contribution in [2.75, 3.05) is 19.6 Å². The molecule has 0 unspecified atom stereocenters. The number of hydrogen-bond acceptors (Lipinski definition) is 9. The van der Waals surface area contributed by atoms with Crippen LogP contribution in [0.5, 0.6) is 0 Å². The number of carboxylic acids is 3. The van der Waals surface area contributed by atoms with Gasteiger partial charge in [-0.15, -0.1) is 0 Å². The Labute approximate surface area is 355 Å². The second kappa shape index (κ2) is 46.6. The second-order valence-electron chi connectivity index (χ2n) is 14.3. The summed E-state index contributed by atoms with van der Waals surface area (Å²) in [5, 5.41) is 32.4. The van der Waals surface area contributed by atoms with Crippen LogP contribution in [0.15, 0.2) is 0 Å². The number of carbonyl (C=O) groups is 5. The Morgan fingerprint density at radius 2 is 0.782 bits per heavy atom. The number of nitrogens with one attached hydrogen (secondary N) is 2. The summed E-state index contributed by atoms with van der Waals surface area (Å²) in [6, 6.07) is -2.04. The zero-order valence-electron chi connectivity index (χ0n) is 35.1. The van der Waals surface area contributed by atoms with Crippen molar-refractivity contribution >= 4 is 59.3 Å². The first-order chi connectivity index (χ1) is 25.8. The number of primary amides is 2. The molecule has 55 heavy (non-hydrogen) atoms. The van der Waals surface area contributed by atoms with Crippen molar-refractivity contribution in [3.8, 4) is 0 Å². The molecule has 0 aliphatic rings. The fraction of sp³-hybridized carbons (Fsp3) is 0.875. The molecular formula is C40H82N6NaO8. The molecule has 2 amide bonds. The van der Waals surface area contributed by atoms with Crippen molar-refractivity contribution in [3.63, 3.8) is 0 Å². The molecule has 0 aromatic carbocycles. The van der Waals surface area contributed by atoms with Crippen LogP contribution in [0.1, 0.15) is 187 Å². The Morgan fingerprint density at radius 1 is 0.473 bits per heavy atom. The van der Waals surface area contributed by atoms with E-state index in [1.807, 2.05) is 0 Å². The van der Waals surface area contributed by atoms with E-state index in [4.69, 9.17) is 38.3 Å². The summed E-state index contributed by atoms with van der Waals surface area (Å²) < 4.78 is 0. The number of hydrogen-bond donors (Lipinski definition) is 9. The van der Waals surface area contributed by atoms with Gasteiger partial charge >= 0.3 is 17.9 Å². The molecule has 1 radical (unpaired) electrons. The number of aliphatic carboxylic acids is 3. The van der Waals surface area contributed by atoms with Gasteiger partial charge in [-0.3, -0.25) is 24.0 Å². The third-order valence-corrected chi connectivity index (χ3v) is 9.08. The third kappa shape index (κ3) is 50.2. The Hall–Kier alpha value is -1.81. The fourth-order valence-electron chi connectivity index (χ4n) is 5.61. The molecule has 13 N–H and O–H groups in total. The number of unbranched alkanes of at least 4 members (excludes halogenated alkanes) is 19. The summed E-state index contributed by atoms with van der Waals surface area (Å²) in [6.07, 6.45) is 28.2. The molecule has 0 fully saturated rings. The zero-order valence-corrected chi connectivity index (χ0v) is 37.1. The number of rotatable bonds is 37. The van der Waals surface area contributed by atoms with Crippen molar-refractivity contribution < 1.29 is 39.3 Å². The van der Waals surface area contributed by atoms with Gasteiger partial charge in [0, 0.05) is 42.4 Å². The van der Waals surface area contributed by atoms with Crippen LogP contribution in [0.3, 0.4) is 0 Å². The minimum Gasteiger partial charge on any atom is -0.480 e. The van der Waals surface area contributed by atoms with Gasteiger partial charge in [0.1, 0.15) is 18.1 Å². The van der Waals surface area contributed by atoms with Crippen LogP contribution in [0.25, 0.3) is 0 Å². The second-order valence-corrected chi connectivity index (χ2v) is 14.3. The number of carboxylic acid groups (broad SMARTS) is 3. The maximum atomic E-state index is 11.0. The first kappa shape index (κ1) is 59.9. The van der Waals surface area contributed by atoms with Crippen LogP contribution >= 0.6 is 0 Å². The predicted molar refractivity (Wildman–Crippen MR) is 224 cm³/mol. The molecule has 3 atom stereocenters. The first-order valence-corrected chi connectivity index (χ1v) is 21.0. The van der Waals surface area contributed by atoms with Gasteiger partial charge in [0.05, 0.1) is 0 Å². The van der Waals surface area contributed by atoms with E-state index in [1.54, 1.807) is 0 Å². The Kier molecular flexibility index (Phi) is 50.7. The fourth-order valence-corrected chi connectivity index (χ4v) is 5.61. The van der Waals surface area contributed by atoms with Crippen molar-refractivity contribution in [2.24, 2.45) is 22.9 Å². The molecule has 0 bridgehead atoms. The number of amides is 2.